The summed E-state index contributed by atoms with van der Waals surface area (Å²) in [7, 11) is 0. The van der Waals surface area contributed by atoms with E-state index in [4.69, 9.17) is 5.26 Å². The second-order valence-corrected chi connectivity index (χ2v) is 7.09. The van der Waals surface area contributed by atoms with E-state index in [0.29, 0.717) is 17.5 Å². The molecule has 4 rings (SSSR count). The largest absolute Gasteiger partial charge is 0.294 e. The molecule has 0 aliphatic carbocycles. The van der Waals surface area contributed by atoms with Gasteiger partial charge in [-0.2, -0.15) is 5.26 Å². The van der Waals surface area contributed by atoms with Crippen LogP contribution in [0.2, 0.25) is 0 Å². The number of fused-ring (bicyclic) bond motifs is 1. The van der Waals surface area contributed by atoms with Gasteiger partial charge in [0.05, 0.1) is 29.9 Å². The minimum atomic E-state index is -0.0479. The van der Waals surface area contributed by atoms with E-state index >= 15 is 0 Å². The van der Waals surface area contributed by atoms with Crippen LogP contribution in [0.1, 0.15) is 16.7 Å². The Morgan fingerprint density at radius 2 is 1.96 bits per heavy atom. The van der Waals surface area contributed by atoms with E-state index in [1.165, 1.54) is 0 Å². The van der Waals surface area contributed by atoms with Crippen molar-refractivity contribution >= 4 is 21.6 Å². The van der Waals surface area contributed by atoms with E-state index in [1.807, 2.05) is 49.4 Å². The number of aryl methyl sites for hydroxylation is 1. The van der Waals surface area contributed by atoms with Crippen LogP contribution >= 0.6 is 11.3 Å². The summed E-state index contributed by atoms with van der Waals surface area (Å²) in [5, 5.41) is 9.72. The Hall–Kier alpha value is -3.23. The van der Waals surface area contributed by atoms with Gasteiger partial charge >= 0.3 is 0 Å². The molecule has 2 aromatic carbocycles. The third kappa shape index (κ3) is 2.81. The molecule has 0 saturated heterocycles. The fourth-order valence-electron chi connectivity index (χ4n) is 3.07. The molecule has 0 amide bonds. The van der Waals surface area contributed by atoms with Gasteiger partial charge in [-0.3, -0.25) is 9.36 Å². The second kappa shape index (κ2) is 6.58. The summed E-state index contributed by atoms with van der Waals surface area (Å²) in [4.78, 5) is 19.4. The Morgan fingerprint density at radius 3 is 2.73 bits per heavy atom. The lowest BCUT2D eigenvalue weighted by Gasteiger charge is -2.06. The van der Waals surface area contributed by atoms with Gasteiger partial charge < -0.3 is 0 Å². The molecule has 2 heterocycles. The number of thiophene rings is 1. The van der Waals surface area contributed by atoms with Crippen molar-refractivity contribution in [2.75, 3.05) is 0 Å². The van der Waals surface area contributed by atoms with Crippen LogP contribution in [0.15, 0.2) is 65.7 Å². The summed E-state index contributed by atoms with van der Waals surface area (Å²) >= 11 is 1.54. The van der Waals surface area contributed by atoms with Gasteiger partial charge in [0.15, 0.2) is 0 Å². The lowest BCUT2D eigenvalue weighted by Crippen LogP contribution is -2.21. The molecule has 0 aliphatic heterocycles. The van der Waals surface area contributed by atoms with Gasteiger partial charge in [-0.1, -0.05) is 42.5 Å². The van der Waals surface area contributed by atoms with Crippen LogP contribution in [0.3, 0.4) is 0 Å². The number of benzene rings is 2. The predicted octanol–water partition coefficient (Wildman–Crippen LogP) is 4.35. The van der Waals surface area contributed by atoms with E-state index < -0.39 is 0 Å². The summed E-state index contributed by atoms with van der Waals surface area (Å²) in [6.07, 6.45) is 1.59. The molecule has 0 aliphatic rings. The normalized spacial score (nSPS) is 10.8. The summed E-state index contributed by atoms with van der Waals surface area (Å²) in [5.41, 5.74) is 3.51. The number of rotatable bonds is 3. The fourth-order valence-corrected chi connectivity index (χ4v) is 4.22. The van der Waals surface area contributed by atoms with Gasteiger partial charge in [-0.15, -0.1) is 11.3 Å². The molecule has 0 N–H and O–H groups in total. The maximum absolute atomic E-state index is 13.0. The van der Waals surface area contributed by atoms with Crippen molar-refractivity contribution < 1.29 is 0 Å². The van der Waals surface area contributed by atoms with Crippen LogP contribution in [-0.2, 0) is 6.54 Å². The zero-order valence-electron chi connectivity index (χ0n) is 14.1. The fraction of sp³-hybridized carbons (Fsp3) is 0.0952. The minimum absolute atomic E-state index is 0.0479. The monoisotopic (exact) mass is 357 g/mol. The highest BCUT2D eigenvalue weighted by atomic mass is 32.1. The van der Waals surface area contributed by atoms with E-state index in [0.717, 1.165) is 26.4 Å². The molecule has 0 atom stereocenters. The molecule has 126 valence electrons. The topological polar surface area (TPSA) is 58.7 Å². The van der Waals surface area contributed by atoms with Crippen LogP contribution in [0, 0.1) is 18.3 Å². The Labute approximate surface area is 154 Å². The number of hydrogen-bond donors (Lipinski definition) is 0. The first-order valence-corrected chi connectivity index (χ1v) is 9.02. The van der Waals surface area contributed by atoms with Crippen molar-refractivity contribution in [2.24, 2.45) is 0 Å². The molecule has 5 heteroatoms. The zero-order chi connectivity index (χ0) is 18.1. The van der Waals surface area contributed by atoms with Gasteiger partial charge in [0.2, 0.25) is 0 Å². The van der Waals surface area contributed by atoms with Gasteiger partial charge in [-0.05, 0) is 35.7 Å². The summed E-state index contributed by atoms with van der Waals surface area (Å²) < 4.78 is 1.60. The lowest BCUT2D eigenvalue weighted by molar-refractivity contribution is 0.749. The van der Waals surface area contributed by atoms with Crippen LogP contribution in [0.25, 0.3) is 20.7 Å². The lowest BCUT2D eigenvalue weighted by atomic mass is 10.1. The molecular formula is C21H15N3OS. The maximum atomic E-state index is 13.0. The van der Waals surface area contributed by atoms with Crippen LogP contribution in [0.5, 0.6) is 0 Å². The molecule has 0 fully saturated rings. The predicted molar refractivity (Wildman–Crippen MR) is 104 cm³/mol. The molecule has 0 spiro atoms. The quantitative estimate of drug-likeness (QED) is 0.547. The van der Waals surface area contributed by atoms with Crippen molar-refractivity contribution in [3.8, 4) is 16.5 Å². The van der Waals surface area contributed by atoms with E-state index in [9.17, 15) is 4.79 Å². The molecule has 2 aromatic heterocycles. The molecule has 4 nitrogen and oxygen atoms in total. The molecule has 0 radical (unpaired) electrons. The molecule has 0 saturated carbocycles. The average molecular weight is 357 g/mol. The first-order chi connectivity index (χ1) is 12.7. The average Bonchev–Trinajstić information content (AvgIpc) is 3.02. The number of hydrogen-bond acceptors (Lipinski definition) is 4. The van der Waals surface area contributed by atoms with Crippen molar-refractivity contribution in [1.29, 1.82) is 5.26 Å². The van der Waals surface area contributed by atoms with E-state index in [1.54, 1.807) is 34.4 Å². The minimum Gasteiger partial charge on any atom is -0.294 e. The van der Waals surface area contributed by atoms with Crippen LogP contribution < -0.4 is 5.56 Å². The van der Waals surface area contributed by atoms with Crippen molar-refractivity contribution in [2.45, 2.75) is 13.5 Å². The first kappa shape index (κ1) is 16.2. The van der Waals surface area contributed by atoms with Crippen molar-refractivity contribution in [3.05, 3.63) is 88.0 Å². The number of nitrogens with zero attached hydrogens (tertiary/aromatic N) is 3. The van der Waals surface area contributed by atoms with E-state index in [2.05, 4.69) is 11.1 Å². The van der Waals surface area contributed by atoms with E-state index in [-0.39, 0.29) is 5.56 Å². The molecule has 4 aromatic rings. The third-order valence-corrected chi connectivity index (χ3v) is 5.61. The van der Waals surface area contributed by atoms with Gasteiger partial charge in [-0.25, -0.2) is 4.98 Å². The Kier molecular flexibility index (Phi) is 4.11. The highest BCUT2D eigenvalue weighted by molar-refractivity contribution is 7.22. The van der Waals surface area contributed by atoms with Gasteiger partial charge in [0.1, 0.15) is 4.83 Å². The smallest absolute Gasteiger partial charge is 0.262 e. The SMILES string of the molecule is Cc1c(-c2ccccc2)sc2ncn(Cc3cccc(C#N)c3)c(=O)c12. The Balaban J connectivity index is 1.81. The van der Waals surface area contributed by atoms with Gasteiger partial charge in [0, 0.05) is 4.88 Å². The molecular weight excluding hydrogens is 342 g/mol. The van der Waals surface area contributed by atoms with Crippen LogP contribution in [-0.4, -0.2) is 9.55 Å². The Bertz CT molecular complexity index is 1200. The molecule has 26 heavy (non-hydrogen) atoms. The molecule has 0 bridgehead atoms. The summed E-state index contributed by atoms with van der Waals surface area (Å²) in [5.74, 6) is 0. The highest BCUT2D eigenvalue weighted by Gasteiger charge is 2.15. The number of nitriles is 1. The van der Waals surface area contributed by atoms with Crippen LogP contribution in [0.4, 0.5) is 0 Å². The van der Waals surface area contributed by atoms with Crippen molar-refractivity contribution in [3.63, 3.8) is 0 Å². The second-order valence-electron chi connectivity index (χ2n) is 6.09. The summed E-state index contributed by atoms with van der Waals surface area (Å²) in [6.45, 7) is 2.37. The standard InChI is InChI=1S/C21H15N3OS/c1-14-18-20(26-19(14)17-8-3-2-4-9-17)23-13-24(21(18)25)12-16-7-5-6-15(10-16)11-22/h2-10,13H,12H2,1H3. The zero-order valence-corrected chi connectivity index (χ0v) is 15.0. The third-order valence-electron chi connectivity index (χ3n) is 4.36. The number of aromatic nitrogens is 2. The Morgan fingerprint density at radius 1 is 1.15 bits per heavy atom. The molecule has 0 unspecified atom stereocenters. The maximum Gasteiger partial charge on any atom is 0.262 e. The van der Waals surface area contributed by atoms with Crippen molar-refractivity contribution in [1.82, 2.24) is 9.55 Å². The summed E-state index contributed by atoms with van der Waals surface area (Å²) in [6, 6.07) is 19.5. The first-order valence-electron chi connectivity index (χ1n) is 8.20. The van der Waals surface area contributed by atoms with Gasteiger partial charge in [0.25, 0.3) is 5.56 Å². The highest BCUT2D eigenvalue weighted by Crippen LogP contribution is 2.35.